The van der Waals surface area contributed by atoms with Crippen molar-refractivity contribution in [3.8, 4) is 0 Å². The first kappa shape index (κ1) is 14.8. The molecule has 1 rings (SSSR count). The van der Waals surface area contributed by atoms with Crippen molar-refractivity contribution in [2.75, 3.05) is 18.9 Å². The van der Waals surface area contributed by atoms with Gasteiger partial charge < -0.3 is 10.2 Å². The number of hydrogen-bond donors (Lipinski definition) is 1. The molecule has 0 heterocycles. The SMILES string of the molecule is CC(Cl)C(=O)N(C)CC(=O)Nc1ccc(Cl)cc1. The Kier molecular flexibility index (Phi) is 5.44. The zero-order valence-electron chi connectivity index (χ0n) is 10.1. The van der Waals surface area contributed by atoms with Gasteiger partial charge in [0.1, 0.15) is 5.38 Å². The highest BCUT2D eigenvalue weighted by atomic mass is 35.5. The Morgan fingerprint density at radius 1 is 1.33 bits per heavy atom. The van der Waals surface area contributed by atoms with Crippen molar-refractivity contribution in [3.05, 3.63) is 29.3 Å². The summed E-state index contributed by atoms with van der Waals surface area (Å²) in [6.07, 6.45) is 0. The first-order chi connectivity index (χ1) is 8.40. The van der Waals surface area contributed by atoms with Gasteiger partial charge in [0.2, 0.25) is 11.8 Å². The third-order valence-corrected chi connectivity index (χ3v) is 2.66. The minimum Gasteiger partial charge on any atom is -0.335 e. The molecule has 0 bridgehead atoms. The summed E-state index contributed by atoms with van der Waals surface area (Å²) in [6.45, 7) is 1.52. The Bertz CT molecular complexity index is 432. The molecule has 0 aliphatic rings. The fourth-order valence-corrected chi connectivity index (χ4v) is 1.62. The molecular weight excluding hydrogens is 275 g/mol. The second-order valence-electron chi connectivity index (χ2n) is 3.87. The maximum Gasteiger partial charge on any atom is 0.243 e. The molecule has 18 heavy (non-hydrogen) atoms. The van der Waals surface area contributed by atoms with Crippen LogP contribution in [0.15, 0.2) is 24.3 Å². The number of nitrogens with one attached hydrogen (secondary N) is 1. The smallest absolute Gasteiger partial charge is 0.243 e. The predicted octanol–water partition coefficient (Wildman–Crippen LogP) is 2.36. The molecule has 0 aliphatic heterocycles. The average molecular weight is 289 g/mol. The summed E-state index contributed by atoms with van der Waals surface area (Å²) in [5.74, 6) is -0.576. The maximum absolute atomic E-state index is 11.7. The van der Waals surface area contributed by atoms with E-state index in [2.05, 4.69) is 5.32 Å². The second kappa shape index (κ2) is 6.61. The van der Waals surface area contributed by atoms with E-state index in [4.69, 9.17) is 23.2 Å². The van der Waals surface area contributed by atoms with Crippen molar-refractivity contribution in [1.82, 2.24) is 4.90 Å². The summed E-state index contributed by atoms with van der Waals surface area (Å²) in [4.78, 5) is 24.4. The Labute approximate surface area is 116 Å². The van der Waals surface area contributed by atoms with E-state index in [-0.39, 0.29) is 18.4 Å². The summed E-state index contributed by atoms with van der Waals surface area (Å²) < 4.78 is 0. The first-order valence-electron chi connectivity index (χ1n) is 5.34. The van der Waals surface area contributed by atoms with Crippen molar-refractivity contribution in [2.24, 2.45) is 0 Å². The van der Waals surface area contributed by atoms with Crippen molar-refractivity contribution >= 4 is 40.7 Å². The molecule has 1 unspecified atom stereocenters. The average Bonchev–Trinajstić information content (AvgIpc) is 2.30. The number of anilines is 1. The molecule has 1 aromatic carbocycles. The molecule has 1 aromatic rings. The lowest BCUT2D eigenvalue weighted by atomic mass is 10.3. The van der Waals surface area contributed by atoms with Gasteiger partial charge in [-0.05, 0) is 31.2 Å². The van der Waals surface area contributed by atoms with E-state index in [1.807, 2.05) is 0 Å². The van der Waals surface area contributed by atoms with Crippen LogP contribution >= 0.6 is 23.2 Å². The molecule has 98 valence electrons. The number of amides is 2. The topological polar surface area (TPSA) is 49.4 Å². The van der Waals surface area contributed by atoms with Gasteiger partial charge in [-0.2, -0.15) is 0 Å². The molecule has 0 aliphatic carbocycles. The standard InChI is InChI=1S/C12H14Cl2N2O2/c1-8(13)12(18)16(2)7-11(17)15-10-5-3-9(14)4-6-10/h3-6,8H,7H2,1-2H3,(H,15,17). The van der Waals surface area contributed by atoms with E-state index in [1.165, 1.54) is 11.9 Å². The molecule has 1 atom stereocenters. The molecule has 2 amide bonds. The number of halogens is 2. The Morgan fingerprint density at radius 2 is 1.89 bits per heavy atom. The van der Waals surface area contributed by atoms with Crippen LogP contribution in [-0.4, -0.2) is 35.7 Å². The lowest BCUT2D eigenvalue weighted by Gasteiger charge is -2.17. The molecule has 6 heteroatoms. The van der Waals surface area contributed by atoms with Gasteiger partial charge in [-0.1, -0.05) is 11.6 Å². The van der Waals surface area contributed by atoms with Crippen LogP contribution in [0.5, 0.6) is 0 Å². The van der Waals surface area contributed by atoms with E-state index < -0.39 is 5.38 Å². The van der Waals surface area contributed by atoms with Gasteiger partial charge >= 0.3 is 0 Å². The quantitative estimate of drug-likeness (QED) is 0.865. The highest BCUT2D eigenvalue weighted by Crippen LogP contribution is 2.13. The van der Waals surface area contributed by atoms with Crippen molar-refractivity contribution in [3.63, 3.8) is 0 Å². The van der Waals surface area contributed by atoms with Gasteiger partial charge in [-0.15, -0.1) is 11.6 Å². The highest BCUT2D eigenvalue weighted by Gasteiger charge is 2.17. The van der Waals surface area contributed by atoms with Gasteiger partial charge in [0.25, 0.3) is 0 Å². The monoisotopic (exact) mass is 288 g/mol. The Hall–Kier alpha value is -1.26. The highest BCUT2D eigenvalue weighted by molar-refractivity contribution is 6.31. The Morgan fingerprint density at radius 3 is 2.39 bits per heavy atom. The van der Waals surface area contributed by atoms with E-state index in [0.29, 0.717) is 10.7 Å². The van der Waals surface area contributed by atoms with Gasteiger partial charge in [-0.25, -0.2) is 0 Å². The largest absolute Gasteiger partial charge is 0.335 e. The summed E-state index contributed by atoms with van der Waals surface area (Å²) in [5.41, 5.74) is 0.629. The molecule has 0 spiro atoms. The Balaban J connectivity index is 2.51. The maximum atomic E-state index is 11.7. The molecule has 0 fully saturated rings. The number of nitrogens with zero attached hydrogens (tertiary/aromatic N) is 1. The van der Waals surface area contributed by atoms with Gasteiger partial charge in [-0.3, -0.25) is 9.59 Å². The molecule has 0 radical (unpaired) electrons. The number of carbonyl (C=O) groups is 2. The minimum atomic E-state index is -0.640. The van der Waals surface area contributed by atoms with Crippen LogP contribution in [0.1, 0.15) is 6.92 Å². The summed E-state index contributed by atoms with van der Waals surface area (Å²) in [6, 6.07) is 6.72. The van der Waals surface area contributed by atoms with Gasteiger partial charge in [0.05, 0.1) is 6.54 Å². The van der Waals surface area contributed by atoms with E-state index in [9.17, 15) is 9.59 Å². The number of rotatable bonds is 4. The number of carbonyl (C=O) groups excluding carboxylic acids is 2. The lowest BCUT2D eigenvalue weighted by molar-refractivity contribution is -0.132. The lowest BCUT2D eigenvalue weighted by Crippen LogP contribution is -2.38. The number of likely N-dealkylation sites (N-methyl/N-ethyl adjacent to an activating group) is 1. The zero-order chi connectivity index (χ0) is 13.7. The van der Waals surface area contributed by atoms with Crippen LogP contribution in [0, 0.1) is 0 Å². The third kappa shape index (κ3) is 4.55. The van der Waals surface area contributed by atoms with E-state index >= 15 is 0 Å². The van der Waals surface area contributed by atoms with Crippen LogP contribution in [0.2, 0.25) is 5.02 Å². The molecule has 1 N–H and O–H groups in total. The van der Waals surface area contributed by atoms with Gasteiger partial charge in [0.15, 0.2) is 0 Å². The summed E-state index contributed by atoms with van der Waals surface area (Å²) >= 11 is 11.4. The van der Waals surface area contributed by atoms with Crippen LogP contribution in [-0.2, 0) is 9.59 Å². The molecule has 0 saturated carbocycles. The molecular formula is C12H14Cl2N2O2. The summed E-state index contributed by atoms with van der Waals surface area (Å²) in [5, 5.41) is 2.61. The van der Waals surface area contributed by atoms with Crippen molar-refractivity contribution in [2.45, 2.75) is 12.3 Å². The van der Waals surface area contributed by atoms with Crippen LogP contribution < -0.4 is 5.32 Å². The summed E-state index contributed by atoms with van der Waals surface area (Å²) in [7, 11) is 1.53. The van der Waals surface area contributed by atoms with Crippen LogP contribution in [0.3, 0.4) is 0 Å². The number of alkyl halides is 1. The van der Waals surface area contributed by atoms with Crippen molar-refractivity contribution < 1.29 is 9.59 Å². The second-order valence-corrected chi connectivity index (χ2v) is 4.96. The fraction of sp³-hybridized carbons (Fsp3) is 0.333. The minimum absolute atomic E-state index is 0.0431. The van der Waals surface area contributed by atoms with Crippen LogP contribution in [0.4, 0.5) is 5.69 Å². The molecule has 4 nitrogen and oxygen atoms in total. The van der Waals surface area contributed by atoms with E-state index in [0.717, 1.165) is 0 Å². The zero-order valence-corrected chi connectivity index (χ0v) is 11.6. The van der Waals surface area contributed by atoms with Crippen molar-refractivity contribution in [1.29, 1.82) is 0 Å². The fourth-order valence-electron chi connectivity index (χ4n) is 1.33. The predicted molar refractivity (Wildman–Crippen MR) is 73.0 cm³/mol. The van der Waals surface area contributed by atoms with Gasteiger partial charge in [0, 0.05) is 17.8 Å². The first-order valence-corrected chi connectivity index (χ1v) is 6.16. The number of hydrogen-bond acceptors (Lipinski definition) is 2. The molecule has 0 saturated heterocycles. The normalized spacial score (nSPS) is 11.8. The third-order valence-electron chi connectivity index (χ3n) is 2.23. The van der Waals surface area contributed by atoms with Crippen LogP contribution in [0.25, 0.3) is 0 Å². The van der Waals surface area contributed by atoms with E-state index in [1.54, 1.807) is 31.2 Å². The molecule has 0 aromatic heterocycles. The number of benzene rings is 1.